The molecule has 0 aliphatic heterocycles. The Balaban J connectivity index is 2.44. The van der Waals surface area contributed by atoms with E-state index in [0.29, 0.717) is 12.2 Å². The smallest absolute Gasteiger partial charge is 0.304 e. The van der Waals surface area contributed by atoms with Crippen molar-refractivity contribution in [1.82, 2.24) is 10.3 Å². The summed E-state index contributed by atoms with van der Waals surface area (Å²) in [5.41, 5.74) is 6.35. The molecule has 0 aliphatic rings. The van der Waals surface area contributed by atoms with Crippen molar-refractivity contribution in [3.05, 3.63) is 20.7 Å². The first-order valence-electron chi connectivity index (χ1n) is 4.70. The average molecular weight is 229 g/mol. The highest BCUT2D eigenvalue weighted by Gasteiger charge is 2.16. The lowest BCUT2D eigenvalue weighted by Crippen LogP contribution is -2.43. The van der Waals surface area contributed by atoms with Crippen molar-refractivity contribution in [2.45, 2.75) is 26.4 Å². The predicted molar refractivity (Wildman–Crippen MR) is 59.6 cm³/mol. The van der Waals surface area contributed by atoms with E-state index in [2.05, 4.69) is 10.3 Å². The standard InChI is InChI=1S/C9H15N3O2S/c1-5(2)7(10)8(13)11-3-6-4-15-9(14)12-6/h4-5,7H,3,10H2,1-2H3,(H,11,13)(H,12,14). The first kappa shape index (κ1) is 11.9. The fraction of sp³-hybridized carbons (Fsp3) is 0.556. The van der Waals surface area contributed by atoms with Gasteiger partial charge in [0.25, 0.3) is 0 Å². The number of hydrogen-bond donors (Lipinski definition) is 3. The summed E-state index contributed by atoms with van der Waals surface area (Å²) in [5, 5.41) is 4.35. The molecule has 0 aromatic carbocycles. The molecule has 0 saturated heterocycles. The quantitative estimate of drug-likeness (QED) is 0.681. The molecule has 0 spiro atoms. The summed E-state index contributed by atoms with van der Waals surface area (Å²) in [6.45, 7) is 4.09. The van der Waals surface area contributed by atoms with Gasteiger partial charge in [-0.1, -0.05) is 25.2 Å². The van der Waals surface area contributed by atoms with E-state index in [-0.39, 0.29) is 16.7 Å². The molecule has 15 heavy (non-hydrogen) atoms. The Hall–Kier alpha value is -1.14. The topological polar surface area (TPSA) is 88.0 Å². The van der Waals surface area contributed by atoms with Gasteiger partial charge in [0.2, 0.25) is 5.91 Å². The molecule has 1 aromatic heterocycles. The number of nitrogens with two attached hydrogens (primary N) is 1. The third-order valence-corrected chi connectivity index (χ3v) is 2.76. The molecular weight excluding hydrogens is 214 g/mol. The lowest BCUT2D eigenvalue weighted by molar-refractivity contribution is -0.123. The minimum atomic E-state index is -0.504. The van der Waals surface area contributed by atoms with Gasteiger partial charge in [-0.15, -0.1) is 0 Å². The summed E-state index contributed by atoms with van der Waals surface area (Å²) in [6, 6.07) is -0.504. The number of carbonyl (C=O) groups is 1. The van der Waals surface area contributed by atoms with Crippen molar-refractivity contribution in [2.24, 2.45) is 11.7 Å². The molecule has 0 radical (unpaired) electrons. The molecule has 1 unspecified atom stereocenters. The summed E-state index contributed by atoms with van der Waals surface area (Å²) in [7, 11) is 0. The molecule has 1 atom stereocenters. The molecule has 5 nitrogen and oxygen atoms in total. The Bertz CT molecular complexity index is 383. The van der Waals surface area contributed by atoms with Crippen LogP contribution in [0.25, 0.3) is 0 Å². The van der Waals surface area contributed by atoms with Gasteiger partial charge in [-0.05, 0) is 5.92 Å². The lowest BCUT2D eigenvalue weighted by Gasteiger charge is -2.14. The van der Waals surface area contributed by atoms with Gasteiger partial charge in [0.05, 0.1) is 12.6 Å². The van der Waals surface area contributed by atoms with Crippen LogP contribution in [0.3, 0.4) is 0 Å². The predicted octanol–water partition coefficient (Wildman–Crippen LogP) is 0.0359. The van der Waals surface area contributed by atoms with Crippen LogP contribution in [0.4, 0.5) is 0 Å². The minimum absolute atomic E-state index is 0.103. The van der Waals surface area contributed by atoms with E-state index in [1.807, 2.05) is 13.8 Å². The second kappa shape index (κ2) is 5.09. The van der Waals surface area contributed by atoms with Crippen LogP contribution in [0.1, 0.15) is 19.5 Å². The Morgan fingerprint density at radius 2 is 2.33 bits per heavy atom. The zero-order valence-corrected chi connectivity index (χ0v) is 9.56. The van der Waals surface area contributed by atoms with E-state index >= 15 is 0 Å². The third-order valence-electron chi connectivity index (χ3n) is 2.04. The summed E-state index contributed by atoms with van der Waals surface area (Å²) in [4.78, 5) is 24.7. The van der Waals surface area contributed by atoms with Gasteiger partial charge >= 0.3 is 4.87 Å². The van der Waals surface area contributed by atoms with Crippen LogP contribution in [0.15, 0.2) is 10.2 Å². The molecule has 1 heterocycles. The molecule has 1 amide bonds. The van der Waals surface area contributed by atoms with Crippen LogP contribution < -0.4 is 15.9 Å². The number of rotatable bonds is 4. The molecule has 0 saturated carbocycles. The van der Waals surface area contributed by atoms with Crippen molar-refractivity contribution in [2.75, 3.05) is 0 Å². The number of H-pyrrole nitrogens is 1. The first-order chi connectivity index (χ1) is 7.00. The SMILES string of the molecule is CC(C)C(N)C(=O)NCc1csc(=O)[nH]1. The Morgan fingerprint density at radius 3 is 2.80 bits per heavy atom. The highest BCUT2D eigenvalue weighted by Crippen LogP contribution is 1.99. The van der Waals surface area contributed by atoms with Crippen molar-refractivity contribution in [1.29, 1.82) is 0 Å². The number of aromatic nitrogens is 1. The van der Waals surface area contributed by atoms with Crippen molar-refractivity contribution < 1.29 is 4.79 Å². The van der Waals surface area contributed by atoms with Gasteiger partial charge in [-0.25, -0.2) is 0 Å². The molecule has 84 valence electrons. The largest absolute Gasteiger partial charge is 0.349 e. The molecule has 0 aliphatic carbocycles. The van der Waals surface area contributed by atoms with E-state index in [9.17, 15) is 9.59 Å². The molecule has 0 bridgehead atoms. The maximum absolute atomic E-state index is 11.4. The van der Waals surface area contributed by atoms with Gasteiger partial charge in [0.1, 0.15) is 0 Å². The van der Waals surface area contributed by atoms with E-state index in [1.165, 1.54) is 0 Å². The summed E-state index contributed by atoms with van der Waals surface area (Å²) < 4.78 is 0. The van der Waals surface area contributed by atoms with Gasteiger partial charge in [-0.2, -0.15) is 0 Å². The van der Waals surface area contributed by atoms with Crippen molar-refractivity contribution in [3.8, 4) is 0 Å². The summed E-state index contributed by atoms with van der Waals surface area (Å²) in [5.74, 6) is -0.0939. The number of thiazole rings is 1. The van der Waals surface area contributed by atoms with E-state index in [4.69, 9.17) is 5.73 Å². The van der Waals surface area contributed by atoms with Crippen LogP contribution in [0.2, 0.25) is 0 Å². The van der Waals surface area contributed by atoms with Gasteiger partial charge in [-0.3, -0.25) is 9.59 Å². The van der Waals surface area contributed by atoms with Crippen molar-refractivity contribution in [3.63, 3.8) is 0 Å². The zero-order valence-electron chi connectivity index (χ0n) is 8.74. The monoisotopic (exact) mass is 229 g/mol. The maximum Gasteiger partial charge on any atom is 0.304 e. The molecule has 6 heteroatoms. The number of aromatic amines is 1. The van der Waals surface area contributed by atoms with E-state index < -0.39 is 6.04 Å². The number of carbonyl (C=O) groups excluding carboxylic acids is 1. The maximum atomic E-state index is 11.4. The normalized spacial score (nSPS) is 12.8. The molecular formula is C9H15N3O2S. The number of amides is 1. The van der Waals surface area contributed by atoms with Gasteiger partial charge in [0.15, 0.2) is 0 Å². The minimum Gasteiger partial charge on any atom is -0.349 e. The van der Waals surface area contributed by atoms with E-state index in [0.717, 1.165) is 11.3 Å². The van der Waals surface area contributed by atoms with Crippen LogP contribution in [-0.2, 0) is 11.3 Å². The van der Waals surface area contributed by atoms with Gasteiger partial charge in [0, 0.05) is 11.1 Å². The fourth-order valence-electron chi connectivity index (χ4n) is 1.00. The highest BCUT2D eigenvalue weighted by atomic mass is 32.1. The second-order valence-electron chi connectivity index (χ2n) is 3.66. The fourth-order valence-corrected chi connectivity index (χ4v) is 1.59. The van der Waals surface area contributed by atoms with Crippen LogP contribution in [0, 0.1) is 5.92 Å². The molecule has 4 N–H and O–H groups in total. The molecule has 0 fully saturated rings. The molecule has 1 rings (SSSR count). The first-order valence-corrected chi connectivity index (χ1v) is 5.58. The third kappa shape index (κ3) is 3.49. The van der Waals surface area contributed by atoms with Crippen LogP contribution in [0.5, 0.6) is 0 Å². The number of hydrogen-bond acceptors (Lipinski definition) is 4. The second-order valence-corrected chi connectivity index (χ2v) is 4.50. The van der Waals surface area contributed by atoms with Crippen LogP contribution >= 0.6 is 11.3 Å². The molecule has 1 aromatic rings. The summed E-state index contributed by atoms with van der Waals surface area (Å²) in [6.07, 6.45) is 0. The number of nitrogens with one attached hydrogen (secondary N) is 2. The average Bonchev–Trinajstić information content (AvgIpc) is 2.59. The Kier molecular flexibility index (Phi) is 4.05. The van der Waals surface area contributed by atoms with Crippen molar-refractivity contribution >= 4 is 17.2 Å². The van der Waals surface area contributed by atoms with Crippen LogP contribution in [-0.4, -0.2) is 16.9 Å². The lowest BCUT2D eigenvalue weighted by atomic mass is 10.1. The Morgan fingerprint density at radius 1 is 1.67 bits per heavy atom. The van der Waals surface area contributed by atoms with Gasteiger partial charge < -0.3 is 16.0 Å². The summed E-state index contributed by atoms with van der Waals surface area (Å²) >= 11 is 1.08. The van der Waals surface area contributed by atoms with E-state index in [1.54, 1.807) is 5.38 Å². The zero-order chi connectivity index (χ0) is 11.4. The Labute approximate surface area is 91.7 Å². The highest BCUT2D eigenvalue weighted by molar-refractivity contribution is 7.07.